The zero-order valence-electron chi connectivity index (χ0n) is 11.5. The van der Waals surface area contributed by atoms with Crippen LogP contribution in [0.5, 0.6) is 0 Å². The van der Waals surface area contributed by atoms with Gasteiger partial charge in [-0.1, -0.05) is 0 Å². The van der Waals surface area contributed by atoms with Gasteiger partial charge in [0.2, 0.25) is 5.91 Å². The van der Waals surface area contributed by atoms with E-state index in [1.165, 1.54) is 7.05 Å². The average molecular weight is 277 g/mol. The highest BCUT2D eigenvalue weighted by molar-refractivity contribution is 5.96. The van der Waals surface area contributed by atoms with Gasteiger partial charge in [0.1, 0.15) is 0 Å². The maximum Gasteiger partial charge on any atom is 0.251 e. The van der Waals surface area contributed by atoms with E-state index in [9.17, 15) is 9.59 Å². The van der Waals surface area contributed by atoms with E-state index in [0.29, 0.717) is 5.56 Å². The van der Waals surface area contributed by atoms with Crippen LogP contribution in [0.1, 0.15) is 10.4 Å². The van der Waals surface area contributed by atoms with Crippen molar-refractivity contribution in [3.63, 3.8) is 0 Å². The molecule has 2 amide bonds. The lowest BCUT2D eigenvalue weighted by molar-refractivity contribution is -0.119. The quantitative estimate of drug-likeness (QED) is 0.812. The summed E-state index contributed by atoms with van der Waals surface area (Å²) in [5, 5.41) is 5.02. The van der Waals surface area contributed by atoms with Crippen LogP contribution < -0.4 is 15.5 Å². The Labute approximate surface area is 118 Å². The molecule has 0 atom stereocenters. The Balaban J connectivity index is 1.93. The van der Waals surface area contributed by atoms with Crippen LogP contribution >= 0.6 is 0 Å². The van der Waals surface area contributed by atoms with Crippen molar-refractivity contribution in [1.29, 1.82) is 0 Å². The van der Waals surface area contributed by atoms with Crippen molar-refractivity contribution in [2.75, 3.05) is 44.8 Å². The van der Waals surface area contributed by atoms with E-state index in [0.717, 1.165) is 32.0 Å². The van der Waals surface area contributed by atoms with Crippen LogP contribution in [0.4, 0.5) is 5.69 Å². The molecule has 1 aromatic carbocycles. The van der Waals surface area contributed by atoms with E-state index in [4.69, 9.17) is 4.74 Å². The molecule has 0 aliphatic carbocycles. The normalized spacial score (nSPS) is 14.8. The monoisotopic (exact) mass is 277 g/mol. The molecule has 1 aliphatic heterocycles. The smallest absolute Gasteiger partial charge is 0.251 e. The summed E-state index contributed by atoms with van der Waals surface area (Å²) >= 11 is 0. The number of carbonyl (C=O) groups is 2. The minimum atomic E-state index is -0.248. The molecule has 2 N–H and O–H groups in total. The minimum Gasteiger partial charge on any atom is -0.378 e. The number of hydrogen-bond acceptors (Lipinski definition) is 4. The number of rotatable bonds is 4. The fraction of sp³-hybridized carbons (Fsp3) is 0.429. The molecule has 0 unspecified atom stereocenters. The number of amides is 2. The van der Waals surface area contributed by atoms with E-state index in [-0.39, 0.29) is 18.4 Å². The lowest BCUT2D eigenvalue weighted by Gasteiger charge is -2.28. The summed E-state index contributed by atoms with van der Waals surface area (Å²) in [5.41, 5.74) is 1.63. The summed E-state index contributed by atoms with van der Waals surface area (Å²) in [6, 6.07) is 7.37. The predicted octanol–water partition coefficient (Wildman–Crippen LogP) is -0.001000. The van der Waals surface area contributed by atoms with Crippen molar-refractivity contribution >= 4 is 17.5 Å². The van der Waals surface area contributed by atoms with E-state index in [1.54, 1.807) is 12.1 Å². The fourth-order valence-corrected chi connectivity index (χ4v) is 2.00. The predicted molar refractivity (Wildman–Crippen MR) is 75.9 cm³/mol. The molecule has 0 radical (unpaired) electrons. The third-order valence-electron chi connectivity index (χ3n) is 3.19. The number of nitrogens with one attached hydrogen (secondary N) is 2. The second-order valence-corrected chi connectivity index (χ2v) is 4.50. The van der Waals surface area contributed by atoms with Crippen LogP contribution in [0.3, 0.4) is 0 Å². The molecule has 2 rings (SSSR count). The Bertz CT molecular complexity index is 467. The van der Waals surface area contributed by atoms with Gasteiger partial charge >= 0.3 is 0 Å². The summed E-state index contributed by atoms with van der Waals surface area (Å²) < 4.78 is 5.30. The maximum absolute atomic E-state index is 11.8. The first-order chi connectivity index (χ1) is 9.70. The highest BCUT2D eigenvalue weighted by atomic mass is 16.5. The SMILES string of the molecule is CNC(=O)CNC(=O)c1ccc(N2CCOCC2)cc1. The standard InChI is InChI=1S/C14H19N3O3/c1-15-13(18)10-16-14(19)11-2-4-12(5-3-11)17-6-8-20-9-7-17/h2-5H,6-10H2,1H3,(H,15,18)(H,16,19). The second-order valence-electron chi connectivity index (χ2n) is 4.50. The molecular weight excluding hydrogens is 258 g/mol. The van der Waals surface area contributed by atoms with E-state index < -0.39 is 0 Å². The number of hydrogen-bond donors (Lipinski definition) is 2. The molecule has 6 heteroatoms. The van der Waals surface area contributed by atoms with Crippen molar-refractivity contribution < 1.29 is 14.3 Å². The number of anilines is 1. The maximum atomic E-state index is 11.8. The third kappa shape index (κ3) is 3.71. The first kappa shape index (κ1) is 14.3. The van der Waals surface area contributed by atoms with Gasteiger partial charge in [0.05, 0.1) is 19.8 Å². The van der Waals surface area contributed by atoms with Crippen molar-refractivity contribution in [3.8, 4) is 0 Å². The Morgan fingerprint density at radius 3 is 2.45 bits per heavy atom. The molecule has 0 spiro atoms. The molecule has 0 saturated carbocycles. The number of carbonyl (C=O) groups excluding carboxylic acids is 2. The van der Waals surface area contributed by atoms with E-state index >= 15 is 0 Å². The number of ether oxygens (including phenoxy) is 1. The van der Waals surface area contributed by atoms with Gasteiger partial charge in [-0.15, -0.1) is 0 Å². The van der Waals surface area contributed by atoms with Crippen molar-refractivity contribution in [2.45, 2.75) is 0 Å². The summed E-state index contributed by atoms with van der Waals surface area (Å²) in [6.07, 6.45) is 0. The summed E-state index contributed by atoms with van der Waals surface area (Å²) in [6.45, 7) is 3.17. The fourth-order valence-electron chi connectivity index (χ4n) is 2.00. The Kier molecular flexibility index (Phi) is 4.95. The summed E-state index contributed by atoms with van der Waals surface area (Å²) in [7, 11) is 1.53. The first-order valence-corrected chi connectivity index (χ1v) is 6.62. The van der Waals surface area contributed by atoms with Crippen molar-refractivity contribution in [1.82, 2.24) is 10.6 Å². The lowest BCUT2D eigenvalue weighted by Crippen LogP contribution is -2.36. The first-order valence-electron chi connectivity index (χ1n) is 6.62. The van der Waals surface area contributed by atoms with Gasteiger partial charge in [-0.05, 0) is 24.3 Å². The Hall–Kier alpha value is -2.08. The Morgan fingerprint density at radius 1 is 1.20 bits per heavy atom. The summed E-state index contributed by atoms with van der Waals surface area (Å²) in [4.78, 5) is 25.1. The van der Waals surface area contributed by atoms with Crippen LogP contribution in [-0.4, -0.2) is 51.7 Å². The summed E-state index contributed by atoms with van der Waals surface area (Å²) in [5.74, 6) is -0.467. The van der Waals surface area contributed by atoms with Gasteiger partial charge in [-0.2, -0.15) is 0 Å². The van der Waals surface area contributed by atoms with Crippen LogP contribution in [0, 0.1) is 0 Å². The molecule has 1 saturated heterocycles. The third-order valence-corrected chi connectivity index (χ3v) is 3.19. The largest absolute Gasteiger partial charge is 0.378 e. The molecule has 1 heterocycles. The molecule has 1 fully saturated rings. The van der Waals surface area contributed by atoms with Crippen molar-refractivity contribution in [3.05, 3.63) is 29.8 Å². The second kappa shape index (κ2) is 6.91. The van der Waals surface area contributed by atoms with Crippen LogP contribution in [-0.2, 0) is 9.53 Å². The van der Waals surface area contributed by atoms with Crippen molar-refractivity contribution in [2.24, 2.45) is 0 Å². The van der Waals surface area contributed by atoms with Gasteiger partial charge in [0.25, 0.3) is 5.91 Å². The molecule has 0 aromatic heterocycles. The Morgan fingerprint density at radius 2 is 1.85 bits per heavy atom. The minimum absolute atomic E-state index is 0.0133. The lowest BCUT2D eigenvalue weighted by atomic mass is 10.1. The van der Waals surface area contributed by atoms with Gasteiger partial charge < -0.3 is 20.3 Å². The molecular formula is C14H19N3O3. The van der Waals surface area contributed by atoms with Crippen LogP contribution in [0.25, 0.3) is 0 Å². The highest BCUT2D eigenvalue weighted by Gasteiger charge is 2.12. The molecule has 20 heavy (non-hydrogen) atoms. The molecule has 0 bridgehead atoms. The molecule has 108 valence electrons. The van der Waals surface area contributed by atoms with E-state index in [2.05, 4.69) is 15.5 Å². The van der Waals surface area contributed by atoms with Gasteiger partial charge in [0, 0.05) is 31.4 Å². The van der Waals surface area contributed by atoms with Crippen LogP contribution in [0.2, 0.25) is 0 Å². The zero-order chi connectivity index (χ0) is 14.4. The highest BCUT2D eigenvalue weighted by Crippen LogP contribution is 2.16. The van der Waals surface area contributed by atoms with E-state index in [1.807, 2.05) is 12.1 Å². The topological polar surface area (TPSA) is 70.7 Å². The van der Waals surface area contributed by atoms with Gasteiger partial charge in [-0.25, -0.2) is 0 Å². The average Bonchev–Trinajstić information content (AvgIpc) is 2.53. The molecule has 1 aromatic rings. The number of morpholine rings is 1. The zero-order valence-corrected chi connectivity index (χ0v) is 11.5. The number of benzene rings is 1. The molecule has 6 nitrogen and oxygen atoms in total. The number of nitrogens with zero attached hydrogens (tertiary/aromatic N) is 1. The number of likely N-dealkylation sites (N-methyl/N-ethyl adjacent to an activating group) is 1. The van der Waals surface area contributed by atoms with Gasteiger partial charge in [-0.3, -0.25) is 9.59 Å². The van der Waals surface area contributed by atoms with Gasteiger partial charge in [0.15, 0.2) is 0 Å². The molecule has 1 aliphatic rings. The van der Waals surface area contributed by atoms with Crippen LogP contribution in [0.15, 0.2) is 24.3 Å².